The van der Waals surface area contributed by atoms with E-state index < -0.39 is 10.0 Å². The van der Waals surface area contributed by atoms with Gasteiger partial charge in [0.15, 0.2) is 0 Å². The summed E-state index contributed by atoms with van der Waals surface area (Å²) in [7, 11) is -3.33. The molecule has 1 aliphatic rings. The minimum Gasteiger partial charge on any atom is -0.330 e. The number of sulfonamides is 1. The molecule has 0 saturated carbocycles. The molecule has 7 heteroatoms. The number of thiophene rings is 1. The number of aryl methyl sites for hydroxylation is 1. The average molecular weight is 367 g/mol. The molecule has 19 heavy (non-hydrogen) atoms. The molecule has 0 spiro atoms. The van der Waals surface area contributed by atoms with Crippen LogP contribution in [0.5, 0.6) is 0 Å². The molecule has 0 aromatic carbocycles. The van der Waals surface area contributed by atoms with Gasteiger partial charge in [0, 0.05) is 13.1 Å². The Bertz CT molecular complexity index is 520. The molecule has 1 aliphatic heterocycles. The largest absolute Gasteiger partial charge is 0.330 e. The number of nitrogens with two attached hydrogens (primary N) is 1. The molecule has 1 atom stereocenters. The van der Waals surface area contributed by atoms with Gasteiger partial charge in [0.1, 0.15) is 4.21 Å². The standard InChI is InChI=1S/C12H19BrN2O2S2/c1-9-7-11(18-12(9)13)19(16,17)15-6-2-3-10(8-15)4-5-14/h7,10H,2-6,8,14H2,1H3. The summed E-state index contributed by atoms with van der Waals surface area (Å²) in [4.78, 5) is 0. The van der Waals surface area contributed by atoms with E-state index in [1.165, 1.54) is 11.3 Å². The Hall–Kier alpha value is 0.0500. The predicted octanol–water partition coefficient (Wildman–Crippen LogP) is 2.57. The van der Waals surface area contributed by atoms with Crippen molar-refractivity contribution in [1.82, 2.24) is 4.31 Å². The topological polar surface area (TPSA) is 63.4 Å². The molecular weight excluding hydrogens is 348 g/mol. The molecule has 1 aromatic rings. The third-order valence-electron chi connectivity index (χ3n) is 3.49. The minimum absolute atomic E-state index is 0.401. The fraction of sp³-hybridized carbons (Fsp3) is 0.667. The minimum atomic E-state index is -3.33. The third kappa shape index (κ3) is 3.39. The molecule has 1 fully saturated rings. The highest BCUT2D eigenvalue weighted by Crippen LogP contribution is 2.34. The lowest BCUT2D eigenvalue weighted by Crippen LogP contribution is -2.40. The van der Waals surface area contributed by atoms with Gasteiger partial charge in [-0.15, -0.1) is 11.3 Å². The van der Waals surface area contributed by atoms with Crippen molar-refractivity contribution >= 4 is 37.3 Å². The van der Waals surface area contributed by atoms with Crippen molar-refractivity contribution in [1.29, 1.82) is 0 Å². The number of hydrogen-bond acceptors (Lipinski definition) is 4. The second-order valence-electron chi connectivity index (χ2n) is 4.97. The van der Waals surface area contributed by atoms with Crippen LogP contribution in [0.1, 0.15) is 24.8 Å². The van der Waals surface area contributed by atoms with Gasteiger partial charge >= 0.3 is 0 Å². The Balaban J connectivity index is 2.19. The first-order chi connectivity index (χ1) is 8.95. The highest BCUT2D eigenvalue weighted by atomic mass is 79.9. The van der Waals surface area contributed by atoms with Gasteiger partial charge in [-0.05, 0) is 66.2 Å². The summed E-state index contributed by atoms with van der Waals surface area (Å²) in [5.74, 6) is 0.401. The van der Waals surface area contributed by atoms with Crippen LogP contribution in [0.4, 0.5) is 0 Å². The Kier molecular flexibility index (Phi) is 5.05. The Labute approximate surface area is 127 Å². The molecule has 1 saturated heterocycles. The van der Waals surface area contributed by atoms with Crippen LogP contribution in [0.25, 0.3) is 0 Å². The third-order valence-corrected chi connectivity index (χ3v) is 7.94. The molecule has 0 amide bonds. The normalized spacial score (nSPS) is 21.7. The molecule has 1 unspecified atom stereocenters. The highest BCUT2D eigenvalue weighted by Gasteiger charge is 2.31. The summed E-state index contributed by atoms with van der Waals surface area (Å²) >= 11 is 4.68. The fourth-order valence-electron chi connectivity index (χ4n) is 2.40. The molecule has 1 aromatic heterocycles. The molecule has 2 heterocycles. The van der Waals surface area contributed by atoms with Crippen molar-refractivity contribution in [2.24, 2.45) is 11.7 Å². The van der Waals surface area contributed by atoms with Gasteiger partial charge in [0.05, 0.1) is 3.79 Å². The second-order valence-corrected chi connectivity index (χ2v) is 9.51. The van der Waals surface area contributed by atoms with E-state index in [1.54, 1.807) is 10.4 Å². The van der Waals surface area contributed by atoms with E-state index in [2.05, 4.69) is 15.9 Å². The second kappa shape index (κ2) is 6.22. The summed E-state index contributed by atoms with van der Waals surface area (Å²) in [5.41, 5.74) is 6.55. The van der Waals surface area contributed by atoms with Crippen molar-refractivity contribution in [2.75, 3.05) is 19.6 Å². The van der Waals surface area contributed by atoms with Crippen LogP contribution in [0.2, 0.25) is 0 Å². The lowest BCUT2D eigenvalue weighted by molar-refractivity contribution is 0.258. The quantitative estimate of drug-likeness (QED) is 0.890. The van der Waals surface area contributed by atoms with Gasteiger partial charge < -0.3 is 5.73 Å². The molecule has 0 radical (unpaired) electrons. The number of piperidine rings is 1. The molecule has 2 N–H and O–H groups in total. The summed E-state index contributed by atoms with van der Waals surface area (Å²) in [5, 5.41) is 0. The molecule has 108 valence electrons. The van der Waals surface area contributed by atoms with Crippen molar-refractivity contribution in [3.63, 3.8) is 0 Å². The Morgan fingerprint density at radius 2 is 2.32 bits per heavy atom. The fourth-order valence-corrected chi connectivity index (χ4v) is 6.34. The SMILES string of the molecule is Cc1cc(S(=O)(=O)N2CCCC(CCN)C2)sc1Br. The van der Waals surface area contributed by atoms with Gasteiger partial charge in [-0.2, -0.15) is 4.31 Å². The number of hydrogen-bond donors (Lipinski definition) is 1. The number of halogens is 1. The molecule has 2 rings (SSSR count). The molecule has 0 bridgehead atoms. The van der Waals surface area contributed by atoms with E-state index in [9.17, 15) is 8.42 Å². The van der Waals surface area contributed by atoms with E-state index in [0.29, 0.717) is 29.8 Å². The summed E-state index contributed by atoms with van der Waals surface area (Å²) in [6.07, 6.45) is 2.91. The zero-order valence-corrected chi connectivity index (χ0v) is 14.2. The number of nitrogens with zero attached hydrogens (tertiary/aromatic N) is 1. The van der Waals surface area contributed by atoms with Crippen LogP contribution in [0.3, 0.4) is 0 Å². The maximum Gasteiger partial charge on any atom is 0.252 e. The van der Waals surface area contributed by atoms with Crippen LogP contribution in [-0.4, -0.2) is 32.4 Å². The van der Waals surface area contributed by atoms with E-state index >= 15 is 0 Å². The Morgan fingerprint density at radius 3 is 2.89 bits per heavy atom. The first-order valence-electron chi connectivity index (χ1n) is 6.41. The zero-order valence-electron chi connectivity index (χ0n) is 10.9. The molecule has 4 nitrogen and oxygen atoms in total. The van der Waals surface area contributed by atoms with Crippen LogP contribution in [0, 0.1) is 12.8 Å². The summed E-state index contributed by atoms with van der Waals surface area (Å²) in [6.45, 7) is 3.77. The van der Waals surface area contributed by atoms with Gasteiger partial charge in [0.25, 0.3) is 10.0 Å². The van der Waals surface area contributed by atoms with Gasteiger partial charge in [0.2, 0.25) is 0 Å². The van der Waals surface area contributed by atoms with Crippen molar-refractivity contribution in [3.8, 4) is 0 Å². The summed E-state index contributed by atoms with van der Waals surface area (Å²) < 4.78 is 28.1. The monoisotopic (exact) mass is 366 g/mol. The van der Waals surface area contributed by atoms with Crippen LogP contribution in [-0.2, 0) is 10.0 Å². The molecular formula is C12H19BrN2O2S2. The van der Waals surface area contributed by atoms with E-state index in [4.69, 9.17) is 5.73 Å². The lowest BCUT2D eigenvalue weighted by atomic mass is 9.96. The average Bonchev–Trinajstić information content (AvgIpc) is 2.71. The first kappa shape index (κ1) is 15.4. The first-order valence-corrected chi connectivity index (χ1v) is 9.46. The molecule has 0 aliphatic carbocycles. The smallest absolute Gasteiger partial charge is 0.252 e. The maximum atomic E-state index is 12.6. The lowest BCUT2D eigenvalue weighted by Gasteiger charge is -2.31. The van der Waals surface area contributed by atoms with Crippen molar-refractivity contribution in [2.45, 2.75) is 30.4 Å². The Morgan fingerprint density at radius 1 is 1.58 bits per heavy atom. The maximum absolute atomic E-state index is 12.6. The highest BCUT2D eigenvalue weighted by molar-refractivity contribution is 9.11. The number of rotatable bonds is 4. The van der Waals surface area contributed by atoms with Gasteiger partial charge in [-0.25, -0.2) is 8.42 Å². The van der Waals surface area contributed by atoms with E-state index in [1.807, 2.05) is 6.92 Å². The summed E-state index contributed by atoms with van der Waals surface area (Å²) in [6, 6.07) is 1.75. The predicted molar refractivity (Wildman–Crippen MR) is 81.9 cm³/mol. The van der Waals surface area contributed by atoms with Crippen molar-refractivity contribution < 1.29 is 8.42 Å². The van der Waals surface area contributed by atoms with Gasteiger partial charge in [-0.1, -0.05) is 0 Å². The van der Waals surface area contributed by atoms with Crippen LogP contribution in [0.15, 0.2) is 14.1 Å². The van der Waals surface area contributed by atoms with Crippen LogP contribution < -0.4 is 5.73 Å². The van der Waals surface area contributed by atoms with Gasteiger partial charge in [-0.3, -0.25) is 0 Å². The zero-order chi connectivity index (χ0) is 14.0. The van der Waals surface area contributed by atoms with E-state index in [0.717, 1.165) is 28.6 Å². The van der Waals surface area contributed by atoms with Crippen LogP contribution >= 0.6 is 27.3 Å². The van der Waals surface area contributed by atoms with E-state index in [-0.39, 0.29) is 0 Å². The van der Waals surface area contributed by atoms with Crippen molar-refractivity contribution in [3.05, 3.63) is 15.4 Å².